The van der Waals surface area contributed by atoms with E-state index in [2.05, 4.69) is 10.3 Å². The Kier molecular flexibility index (Phi) is 5.13. The van der Waals surface area contributed by atoms with Crippen molar-refractivity contribution in [2.75, 3.05) is 5.32 Å². The van der Waals surface area contributed by atoms with Crippen LogP contribution in [0.25, 0.3) is 0 Å². The summed E-state index contributed by atoms with van der Waals surface area (Å²) in [5.41, 5.74) is 4.75. The predicted molar refractivity (Wildman–Crippen MR) is 97.0 cm³/mol. The Morgan fingerprint density at radius 2 is 2.04 bits per heavy atom. The van der Waals surface area contributed by atoms with Crippen LogP contribution in [-0.2, 0) is 6.61 Å². The van der Waals surface area contributed by atoms with E-state index in [0.717, 1.165) is 11.3 Å². The highest BCUT2D eigenvalue weighted by atomic mass is 35.5. The first-order valence-electron chi connectivity index (χ1n) is 7.30. The van der Waals surface area contributed by atoms with E-state index in [4.69, 9.17) is 16.3 Å². The van der Waals surface area contributed by atoms with Gasteiger partial charge in [-0.15, -0.1) is 11.3 Å². The molecule has 6 heteroatoms. The van der Waals surface area contributed by atoms with Crippen molar-refractivity contribution in [2.45, 2.75) is 13.5 Å². The monoisotopic (exact) mass is 358 g/mol. The van der Waals surface area contributed by atoms with Gasteiger partial charge in [0, 0.05) is 21.7 Å². The summed E-state index contributed by atoms with van der Waals surface area (Å²) in [5, 5.41) is 5.43. The smallest absolute Gasteiger partial charge is 0.255 e. The average molecular weight is 359 g/mol. The summed E-state index contributed by atoms with van der Waals surface area (Å²) in [5.74, 6) is 0.505. The third-order valence-electron chi connectivity index (χ3n) is 3.50. The van der Waals surface area contributed by atoms with Crippen molar-refractivity contribution in [3.63, 3.8) is 0 Å². The molecule has 0 saturated heterocycles. The van der Waals surface area contributed by atoms with E-state index in [1.165, 1.54) is 11.3 Å². The molecule has 0 bridgehead atoms. The van der Waals surface area contributed by atoms with Gasteiger partial charge in [0.15, 0.2) is 0 Å². The first kappa shape index (κ1) is 16.5. The Balaban J connectivity index is 1.64. The molecule has 2 aromatic carbocycles. The summed E-state index contributed by atoms with van der Waals surface area (Å²) in [7, 11) is 0. The normalized spacial score (nSPS) is 10.4. The molecule has 0 aliphatic rings. The minimum atomic E-state index is -0.189. The molecule has 122 valence electrons. The summed E-state index contributed by atoms with van der Waals surface area (Å²) < 4.78 is 5.63. The molecule has 3 rings (SSSR count). The number of hydrogen-bond donors (Lipinski definition) is 1. The third-order valence-corrected chi connectivity index (χ3v) is 4.55. The number of ether oxygens (including phenoxy) is 1. The predicted octanol–water partition coefficient (Wildman–Crippen LogP) is 4.94. The van der Waals surface area contributed by atoms with Crippen molar-refractivity contribution in [1.82, 2.24) is 4.98 Å². The number of hydrogen-bond acceptors (Lipinski definition) is 4. The van der Waals surface area contributed by atoms with Crippen LogP contribution in [-0.4, -0.2) is 10.9 Å². The molecule has 1 amide bonds. The fourth-order valence-electron chi connectivity index (χ4n) is 2.11. The van der Waals surface area contributed by atoms with Gasteiger partial charge >= 0.3 is 0 Å². The number of rotatable bonds is 5. The lowest BCUT2D eigenvalue weighted by Crippen LogP contribution is -2.12. The lowest BCUT2D eigenvalue weighted by molar-refractivity contribution is 0.102. The number of nitrogens with one attached hydrogen (secondary N) is 1. The zero-order valence-electron chi connectivity index (χ0n) is 13.0. The van der Waals surface area contributed by atoms with Crippen LogP contribution in [0.4, 0.5) is 5.69 Å². The number of benzene rings is 2. The molecule has 0 atom stereocenters. The Morgan fingerprint density at radius 3 is 2.75 bits per heavy atom. The third kappa shape index (κ3) is 3.93. The summed E-state index contributed by atoms with van der Waals surface area (Å²) in [6.07, 6.45) is 0. The zero-order chi connectivity index (χ0) is 16.9. The number of anilines is 1. The summed E-state index contributed by atoms with van der Waals surface area (Å²) in [6.45, 7) is 2.28. The zero-order valence-corrected chi connectivity index (χ0v) is 14.5. The maximum atomic E-state index is 12.3. The molecule has 0 saturated carbocycles. The highest BCUT2D eigenvalue weighted by Gasteiger charge is 2.09. The number of carbonyl (C=O) groups excluding carboxylic acids is 1. The van der Waals surface area contributed by atoms with Crippen molar-refractivity contribution in [2.24, 2.45) is 0 Å². The van der Waals surface area contributed by atoms with Crippen LogP contribution in [0.2, 0.25) is 5.02 Å². The Hall–Kier alpha value is -2.37. The van der Waals surface area contributed by atoms with Crippen LogP contribution in [0.15, 0.2) is 53.4 Å². The van der Waals surface area contributed by atoms with E-state index in [0.29, 0.717) is 28.6 Å². The Bertz CT molecular complexity index is 833. The van der Waals surface area contributed by atoms with E-state index >= 15 is 0 Å². The van der Waals surface area contributed by atoms with E-state index < -0.39 is 0 Å². The molecular formula is C18H15ClN2O2S. The Labute approximate surface area is 149 Å². The summed E-state index contributed by atoms with van der Waals surface area (Å²) >= 11 is 7.60. The van der Waals surface area contributed by atoms with Crippen LogP contribution in [0.3, 0.4) is 0 Å². The maximum Gasteiger partial charge on any atom is 0.255 e. The second-order valence-corrected chi connectivity index (χ2v) is 6.29. The standard InChI is InChI=1S/C18H15ClN2O2S/c1-12-16(19)3-2-4-17(12)21-18(22)13-5-7-15(8-6-13)23-9-14-10-24-11-20-14/h2-8,10-11H,9H2,1H3,(H,21,22). The van der Waals surface area contributed by atoms with E-state index in [1.54, 1.807) is 41.9 Å². The van der Waals surface area contributed by atoms with Gasteiger partial charge in [-0.1, -0.05) is 17.7 Å². The molecule has 0 fully saturated rings. The quantitative estimate of drug-likeness (QED) is 0.703. The lowest BCUT2D eigenvalue weighted by Gasteiger charge is -2.10. The van der Waals surface area contributed by atoms with Gasteiger partial charge in [-0.05, 0) is 48.9 Å². The molecule has 1 heterocycles. The van der Waals surface area contributed by atoms with Crippen molar-refractivity contribution >= 4 is 34.5 Å². The van der Waals surface area contributed by atoms with Gasteiger partial charge in [0.2, 0.25) is 0 Å². The van der Waals surface area contributed by atoms with Crippen molar-refractivity contribution in [1.29, 1.82) is 0 Å². The van der Waals surface area contributed by atoms with Gasteiger partial charge in [0.25, 0.3) is 5.91 Å². The van der Waals surface area contributed by atoms with Crippen LogP contribution < -0.4 is 10.1 Å². The second-order valence-electron chi connectivity index (χ2n) is 5.16. The largest absolute Gasteiger partial charge is 0.487 e. The van der Waals surface area contributed by atoms with Crippen molar-refractivity contribution in [3.8, 4) is 5.75 Å². The van der Waals surface area contributed by atoms with Gasteiger partial charge in [0.05, 0.1) is 11.2 Å². The molecular weight excluding hydrogens is 344 g/mol. The SMILES string of the molecule is Cc1c(Cl)cccc1NC(=O)c1ccc(OCc2cscn2)cc1. The molecule has 0 spiro atoms. The second kappa shape index (κ2) is 7.47. The van der Waals surface area contributed by atoms with Gasteiger partial charge in [-0.3, -0.25) is 4.79 Å². The molecule has 1 aromatic heterocycles. The highest BCUT2D eigenvalue weighted by molar-refractivity contribution is 7.07. The maximum absolute atomic E-state index is 12.3. The van der Waals surface area contributed by atoms with Crippen LogP contribution in [0.1, 0.15) is 21.6 Å². The number of amides is 1. The fraction of sp³-hybridized carbons (Fsp3) is 0.111. The molecule has 0 unspecified atom stereocenters. The van der Waals surface area contributed by atoms with Crippen LogP contribution in [0.5, 0.6) is 5.75 Å². The summed E-state index contributed by atoms with van der Waals surface area (Å²) in [4.78, 5) is 16.5. The number of halogens is 1. The molecule has 0 aliphatic heterocycles. The number of nitrogens with zero attached hydrogens (tertiary/aromatic N) is 1. The van der Waals surface area contributed by atoms with Crippen molar-refractivity contribution in [3.05, 3.63) is 75.2 Å². The molecule has 24 heavy (non-hydrogen) atoms. The molecule has 3 aromatic rings. The van der Waals surface area contributed by atoms with Gasteiger partial charge in [-0.2, -0.15) is 0 Å². The Morgan fingerprint density at radius 1 is 1.25 bits per heavy atom. The van der Waals surface area contributed by atoms with E-state index in [1.807, 2.05) is 18.4 Å². The molecule has 0 radical (unpaired) electrons. The lowest BCUT2D eigenvalue weighted by atomic mass is 10.1. The summed E-state index contributed by atoms with van der Waals surface area (Å²) in [6, 6.07) is 12.4. The van der Waals surface area contributed by atoms with E-state index in [9.17, 15) is 4.79 Å². The molecule has 0 aliphatic carbocycles. The van der Waals surface area contributed by atoms with E-state index in [-0.39, 0.29) is 5.91 Å². The van der Waals surface area contributed by atoms with Crippen LogP contribution in [0, 0.1) is 6.92 Å². The van der Waals surface area contributed by atoms with Gasteiger partial charge < -0.3 is 10.1 Å². The van der Waals surface area contributed by atoms with Gasteiger partial charge in [-0.25, -0.2) is 4.98 Å². The molecule has 1 N–H and O–H groups in total. The minimum absolute atomic E-state index is 0.189. The van der Waals surface area contributed by atoms with Crippen LogP contribution >= 0.6 is 22.9 Å². The topological polar surface area (TPSA) is 51.2 Å². The first-order chi connectivity index (χ1) is 11.6. The number of thiazole rings is 1. The fourth-order valence-corrected chi connectivity index (χ4v) is 2.82. The highest BCUT2D eigenvalue weighted by Crippen LogP contribution is 2.23. The van der Waals surface area contributed by atoms with Crippen molar-refractivity contribution < 1.29 is 9.53 Å². The number of aromatic nitrogens is 1. The minimum Gasteiger partial charge on any atom is -0.487 e. The average Bonchev–Trinajstić information content (AvgIpc) is 3.11. The first-order valence-corrected chi connectivity index (χ1v) is 8.62. The van der Waals surface area contributed by atoms with Gasteiger partial charge in [0.1, 0.15) is 12.4 Å². The molecule has 4 nitrogen and oxygen atoms in total. The number of carbonyl (C=O) groups is 1.